The number of nitrogens with zero attached hydrogens (tertiary/aromatic N) is 3. The number of benzene rings is 2. The molecule has 0 spiro atoms. The summed E-state index contributed by atoms with van der Waals surface area (Å²) < 4.78 is 3.37. The van der Waals surface area contributed by atoms with E-state index in [4.69, 9.17) is 0 Å². The van der Waals surface area contributed by atoms with Crippen LogP contribution in [0.25, 0.3) is 20.4 Å². The predicted octanol–water partition coefficient (Wildman–Crippen LogP) is 5.61. The van der Waals surface area contributed by atoms with Gasteiger partial charge in [-0.2, -0.15) is 0 Å². The molecule has 4 aromatic rings. The maximum atomic E-state index is 12.6. The number of carbonyl (C=O) groups is 1. The van der Waals surface area contributed by atoms with Crippen LogP contribution < -0.4 is 0 Å². The summed E-state index contributed by atoms with van der Waals surface area (Å²) in [6.07, 6.45) is 0.492. The Labute approximate surface area is 170 Å². The van der Waals surface area contributed by atoms with Gasteiger partial charge < -0.3 is 4.90 Å². The number of hydrogen-bond donors (Lipinski definition) is 0. The van der Waals surface area contributed by atoms with Crippen molar-refractivity contribution in [1.82, 2.24) is 14.9 Å². The lowest BCUT2D eigenvalue weighted by Crippen LogP contribution is -2.29. The molecule has 7 heteroatoms. The highest BCUT2D eigenvalue weighted by atomic mass is 32.2. The van der Waals surface area contributed by atoms with Gasteiger partial charge in [0.05, 0.1) is 26.5 Å². The molecule has 1 atom stereocenters. The zero-order chi connectivity index (χ0) is 18.8. The lowest BCUT2D eigenvalue weighted by molar-refractivity contribution is -0.131. The van der Waals surface area contributed by atoms with E-state index in [1.54, 1.807) is 39.3 Å². The van der Waals surface area contributed by atoms with Crippen LogP contribution in [0.15, 0.2) is 52.9 Å². The lowest BCUT2D eigenvalue weighted by atomic mass is 10.3. The molecule has 27 heavy (non-hydrogen) atoms. The van der Waals surface area contributed by atoms with Crippen molar-refractivity contribution < 1.29 is 4.79 Å². The average Bonchev–Trinajstić information content (AvgIpc) is 3.30. The molecule has 138 valence electrons. The SMILES string of the molecule is C[C@H](c1nc2ccccc2s1)N(C)C(=O)CCSc1nc2ccccc2s1. The van der Waals surface area contributed by atoms with Gasteiger partial charge in [-0.25, -0.2) is 9.97 Å². The summed E-state index contributed by atoms with van der Waals surface area (Å²) in [5.74, 6) is 0.866. The van der Waals surface area contributed by atoms with E-state index in [0.29, 0.717) is 6.42 Å². The number of hydrogen-bond acceptors (Lipinski definition) is 6. The molecule has 2 aromatic heterocycles. The van der Waals surface area contributed by atoms with Crippen LogP contribution in [-0.4, -0.2) is 33.6 Å². The second-order valence-electron chi connectivity index (χ2n) is 6.25. The quantitative estimate of drug-likeness (QED) is 0.386. The second kappa shape index (κ2) is 7.96. The summed E-state index contributed by atoms with van der Waals surface area (Å²) in [6.45, 7) is 2.04. The van der Waals surface area contributed by atoms with Gasteiger partial charge in [-0.3, -0.25) is 4.79 Å². The standard InChI is InChI=1S/C20H19N3OS3/c1-13(19-21-14-7-3-5-9-16(14)26-19)23(2)18(24)11-12-25-20-22-15-8-4-6-10-17(15)27-20/h3-10,13H,11-12H2,1-2H3/t13-/m1/s1. The van der Waals surface area contributed by atoms with Crippen molar-refractivity contribution in [3.05, 3.63) is 53.5 Å². The van der Waals surface area contributed by atoms with Crippen molar-refractivity contribution in [3.8, 4) is 0 Å². The summed E-state index contributed by atoms with van der Waals surface area (Å²) in [6, 6.07) is 16.2. The smallest absolute Gasteiger partial charge is 0.223 e. The fraction of sp³-hybridized carbons (Fsp3) is 0.250. The van der Waals surface area contributed by atoms with E-state index in [-0.39, 0.29) is 11.9 Å². The normalized spacial score (nSPS) is 12.5. The Bertz CT molecular complexity index is 1020. The third kappa shape index (κ3) is 4.00. The average molecular weight is 414 g/mol. The van der Waals surface area contributed by atoms with E-state index in [2.05, 4.69) is 22.1 Å². The molecule has 2 aromatic carbocycles. The van der Waals surface area contributed by atoms with Gasteiger partial charge in [0.25, 0.3) is 0 Å². The van der Waals surface area contributed by atoms with Crippen molar-refractivity contribution in [2.45, 2.75) is 23.7 Å². The van der Waals surface area contributed by atoms with Crippen molar-refractivity contribution >= 4 is 60.8 Å². The van der Waals surface area contributed by atoms with Crippen molar-refractivity contribution in [2.75, 3.05) is 12.8 Å². The van der Waals surface area contributed by atoms with E-state index in [1.165, 1.54) is 4.70 Å². The number of thioether (sulfide) groups is 1. The third-order valence-corrected chi connectivity index (χ3v) is 7.85. The van der Waals surface area contributed by atoms with Crippen LogP contribution in [0, 0.1) is 0 Å². The molecule has 0 aliphatic rings. The number of carbonyl (C=O) groups excluding carboxylic acids is 1. The van der Waals surface area contributed by atoms with Crippen LogP contribution in [0.4, 0.5) is 0 Å². The maximum Gasteiger partial charge on any atom is 0.223 e. The number of amides is 1. The minimum atomic E-state index is -0.0256. The van der Waals surface area contributed by atoms with Crippen LogP contribution in [-0.2, 0) is 4.79 Å². The van der Waals surface area contributed by atoms with E-state index >= 15 is 0 Å². The Morgan fingerprint density at radius 1 is 1.04 bits per heavy atom. The van der Waals surface area contributed by atoms with Gasteiger partial charge in [-0.05, 0) is 31.2 Å². The highest BCUT2D eigenvalue weighted by Crippen LogP contribution is 2.31. The highest BCUT2D eigenvalue weighted by Gasteiger charge is 2.20. The summed E-state index contributed by atoms with van der Waals surface area (Å²) in [4.78, 5) is 23.7. The molecule has 0 radical (unpaired) electrons. The molecule has 0 saturated heterocycles. The first-order chi connectivity index (χ1) is 13.1. The molecule has 4 rings (SSSR count). The fourth-order valence-corrected chi connectivity index (χ4v) is 5.89. The highest BCUT2D eigenvalue weighted by molar-refractivity contribution is 8.01. The molecule has 1 amide bonds. The molecule has 0 fully saturated rings. The molecule has 0 aliphatic heterocycles. The first kappa shape index (κ1) is 18.4. The van der Waals surface area contributed by atoms with Gasteiger partial charge in [0, 0.05) is 19.2 Å². The fourth-order valence-electron chi connectivity index (χ4n) is 2.77. The van der Waals surface area contributed by atoms with Crippen LogP contribution in [0.5, 0.6) is 0 Å². The molecule has 0 saturated carbocycles. The zero-order valence-electron chi connectivity index (χ0n) is 15.1. The summed E-state index contributed by atoms with van der Waals surface area (Å²) >= 11 is 4.99. The Morgan fingerprint density at radius 2 is 1.67 bits per heavy atom. The van der Waals surface area contributed by atoms with Gasteiger partial charge in [-0.15, -0.1) is 22.7 Å². The van der Waals surface area contributed by atoms with E-state index in [9.17, 15) is 4.79 Å². The molecule has 0 N–H and O–H groups in total. The molecule has 0 bridgehead atoms. The Kier molecular flexibility index (Phi) is 5.43. The van der Waals surface area contributed by atoms with Crippen LogP contribution >= 0.6 is 34.4 Å². The summed E-state index contributed by atoms with van der Waals surface area (Å²) in [5.41, 5.74) is 2.02. The summed E-state index contributed by atoms with van der Waals surface area (Å²) in [5, 5.41) is 0.978. The third-order valence-electron chi connectivity index (χ3n) is 4.46. The van der Waals surface area contributed by atoms with Crippen molar-refractivity contribution in [1.29, 1.82) is 0 Å². The molecular weight excluding hydrogens is 394 g/mol. The number of fused-ring (bicyclic) bond motifs is 2. The number of aromatic nitrogens is 2. The predicted molar refractivity (Wildman–Crippen MR) is 116 cm³/mol. The van der Waals surface area contributed by atoms with E-state index < -0.39 is 0 Å². The lowest BCUT2D eigenvalue weighted by Gasteiger charge is -2.23. The number of rotatable bonds is 6. The van der Waals surface area contributed by atoms with Crippen molar-refractivity contribution in [3.63, 3.8) is 0 Å². The minimum Gasteiger partial charge on any atom is -0.337 e. The zero-order valence-corrected chi connectivity index (χ0v) is 17.5. The molecule has 0 aliphatic carbocycles. The Balaban J connectivity index is 1.35. The topological polar surface area (TPSA) is 46.1 Å². The number of thiazole rings is 2. The van der Waals surface area contributed by atoms with Gasteiger partial charge >= 0.3 is 0 Å². The van der Waals surface area contributed by atoms with Crippen LogP contribution in [0.1, 0.15) is 24.4 Å². The van der Waals surface area contributed by atoms with Gasteiger partial charge in [0.15, 0.2) is 4.34 Å². The minimum absolute atomic E-state index is 0.0256. The maximum absolute atomic E-state index is 12.6. The second-order valence-corrected chi connectivity index (χ2v) is 9.68. The first-order valence-corrected chi connectivity index (χ1v) is 11.3. The molecule has 2 heterocycles. The van der Waals surface area contributed by atoms with Gasteiger partial charge in [0.1, 0.15) is 5.01 Å². The Morgan fingerprint density at radius 3 is 2.33 bits per heavy atom. The monoisotopic (exact) mass is 413 g/mol. The summed E-state index contributed by atoms with van der Waals surface area (Å²) in [7, 11) is 1.86. The van der Waals surface area contributed by atoms with E-state index in [1.807, 2.05) is 50.4 Å². The van der Waals surface area contributed by atoms with Gasteiger partial charge in [0.2, 0.25) is 5.91 Å². The van der Waals surface area contributed by atoms with Crippen LogP contribution in [0.2, 0.25) is 0 Å². The molecule has 4 nitrogen and oxygen atoms in total. The largest absolute Gasteiger partial charge is 0.337 e. The van der Waals surface area contributed by atoms with Crippen molar-refractivity contribution in [2.24, 2.45) is 0 Å². The Hall–Kier alpha value is -1.96. The molecule has 0 unspecified atom stereocenters. The van der Waals surface area contributed by atoms with Gasteiger partial charge in [-0.1, -0.05) is 36.0 Å². The van der Waals surface area contributed by atoms with E-state index in [0.717, 1.165) is 30.8 Å². The molecular formula is C20H19N3OS3. The number of para-hydroxylation sites is 2. The first-order valence-electron chi connectivity index (χ1n) is 8.71. The van der Waals surface area contributed by atoms with Crippen LogP contribution in [0.3, 0.4) is 0 Å².